The zero-order valence-corrected chi connectivity index (χ0v) is 30.6. The average Bonchev–Trinajstić information content (AvgIpc) is 3.17. The van der Waals surface area contributed by atoms with Gasteiger partial charge in [-0.1, -0.05) is 65.7 Å². The lowest BCUT2D eigenvalue weighted by Crippen LogP contribution is -2.64. The van der Waals surface area contributed by atoms with Gasteiger partial charge in [-0.05, 0) is 83.1 Å². The van der Waals surface area contributed by atoms with E-state index in [9.17, 15) is 51.1 Å². The average molecular weight is 792 g/mol. The lowest BCUT2D eigenvalue weighted by atomic mass is 9.87. The van der Waals surface area contributed by atoms with Crippen molar-refractivity contribution in [3.63, 3.8) is 0 Å². The van der Waals surface area contributed by atoms with Crippen molar-refractivity contribution in [3.8, 4) is 11.5 Å². The van der Waals surface area contributed by atoms with Crippen LogP contribution in [0, 0.1) is 0 Å². The summed E-state index contributed by atoms with van der Waals surface area (Å²) in [5.74, 6) is -1.46. The fourth-order valence-electron chi connectivity index (χ4n) is 6.55. The van der Waals surface area contributed by atoms with E-state index < -0.39 is 73.9 Å². The third-order valence-corrected chi connectivity index (χ3v) is 10.4. The maximum Gasteiger partial charge on any atom is 0.224 e. The van der Waals surface area contributed by atoms with Gasteiger partial charge in [-0.25, -0.2) is 0 Å². The molecule has 2 heterocycles. The minimum absolute atomic E-state index is 0.156. The SMILES string of the molecule is COC1(c2ccc(Cl)c(Cc3ccc(O)cc3)c2)O[C@H](CO)[C@@H](O)[C@H](O)[C@H]1O.OC[C@H]1OC(c2ccc(Cl)c(Cc3ccc(O)cc3)c2)[C@H](O)[C@@H](O)[C@@H]1O. The Bertz CT molecular complexity index is 1820. The molecule has 0 radical (unpaired) electrons. The summed E-state index contributed by atoms with van der Waals surface area (Å²) in [7, 11) is 1.30. The molecule has 2 fully saturated rings. The third-order valence-electron chi connectivity index (χ3n) is 9.65. The quantitative estimate of drug-likeness (QED) is 0.117. The predicted octanol–water partition coefficient (Wildman–Crippen LogP) is 2.06. The van der Waals surface area contributed by atoms with Crippen molar-refractivity contribution in [1.82, 2.24) is 0 Å². The number of phenols is 2. The molecule has 0 bridgehead atoms. The van der Waals surface area contributed by atoms with Crippen molar-refractivity contribution in [2.45, 2.75) is 73.6 Å². The number of ether oxygens (including phenoxy) is 3. The topological polar surface area (TPSA) is 230 Å². The summed E-state index contributed by atoms with van der Waals surface area (Å²) >= 11 is 12.6. The van der Waals surface area contributed by atoms with Crippen molar-refractivity contribution in [3.05, 3.63) is 128 Å². The first kappa shape index (κ1) is 41.8. The Morgan fingerprint density at radius 3 is 1.63 bits per heavy atom. The summed E-state index contributed by atoms with van der Waals surface area (Å²) in [6.07, 6.45) is -10.9. The van der Waals surface area contributed by atoms with E-state index in [1.807, 2.05) is 0 Å². The number of hydrogen-bond acceptors (Lipinski definition) is 13. The monoisotopic (exact) mass is 790 g/mol. The highest BCUT2D eigenvalue weighted by Crippen LogP contribution is 2.41. The molecule has 2 aliphatic heterocycles. The smallest absolute Gasteiger partial charge is 0.224 e. The largest absolute Gasteiger partial charge is 0.508 e. The van der Waals surface area contributed by atoms with Crippen LogP contribution in [0.4, 0.5) is 0 Å². The van der Waals surface area contributed by atoms with Crippen molar-refractivity contribution in [2.24, 2.45) is 0 Å². The predicted molar refractivity (Wildman–Crippen MR) is 196 cm³/mol. The Morgan fingerprint density at radius 2 is 1.11 bits per heavy atom. The molecule has 0 saturated carbocycles. The van der Waals surface area contributed by atoms with Crippen LogP contribution in [0.3, 0.4) is 0 Å². The Kier molecular flexibility index (Phi) is 14.0. The van der Waals surface area contributed by atoms with Crippen LogP contribution in [-0.4, -0.2) is 120 Å². The molecular weight excluding hydrogens is 747 g/mol. The summed E-state index contributed by atoms with van der Waals surface area (Å²) in [4.78, 5) is 0. The van der Waals surface area contributed by atoms with E-state index in [0.29, 0.717) is 39.6 Å². The number of aliphatic hydroxyl groups is 8. The first-order chi connectivity index (χ1) is 25.7. The van der Waals surface area contributed by atoms with Gasteiger partial charge < -0.3 is 65.3 Å². The standard InChI is InChI=1S/C20H23ClO7.C19H21ClO6/c1-27-20(19(26)18(25)17(24)16(10-22)28-20)13-4-7-15(21)12(9-13)8-11-2-5-14(23)6-3-11;20-14-6-3-11(8-12(14)7-10-1-4-13(22)5-2-10)19-18(25)17(24)16(23)15(9-21)26-19/h2-7,9,16-19,22-26H,8,10H2,1H3;1-6,8,15-19,21-25H,7,9H2/t16-,17-,18+,19-,20?;15-,16-,17+,18-,19?/m11/s1. The van der Waals surface area contributed by atoms with E-state index in [1.165, 1.54) is 7.11 Å². The molecule has 4 aromatic rings. The van der Waals surface area contributed by atoms with E-state index in [-0.39, 0.29) is 11.5 Å². The molecule has 6 rings (SSSR count). The first-order valence-corrected chi connectivity index (χ1v) is 17.8. The number of aromatic hydroxyl groups is 2. The fraction of sp³-hybridized carbons (Fsp3) is 0.385. The highest BCUT2D eigenvalue weighted by atomic mass is 35.5. The molecule has 2 unspecified atom stereocenters. The number of hydrogen-bond donors (Lipinski definition) is 10. The number of benzene rings is 4. The van der Waals surface area contributed by atoms with E-state index >= 15 is 0 Å². The molecule has 15 heteroatoms. The van der Waals surface area contributed by atoms with Crippen molar-refractivity contribution in [1.29, 1.82) is 0 Å². The van der Waals surface area contributed by atoms with Crippen molar-refractivity contribution < 1.29 is 65.3 Å². The molecule has 54 heavy (non-hydrogen) atoms. The van der Waals surface area contributed by atoms with E-state index in [4.69, 9.17) is 37.4 Å². The van der Waals surface area contributed by atoms with Gasteiger partial charge in [0.05, 0.1) is 13.2 Å². The van der Waals surface area contributed by atoms with Crippen molar-refractivity contribution >= 4 is 23.2 Å². The van der Waals surface area contributed by atoms with Gasteiger partial charge in [-0.2, -0.15) is 0 Å². The number of methoxy groups -OCH3 is 1. The summed E-state index contributed by atoms with van der Waals surface area (Å²) in [5.41, 5.74) is 4.29. The minimum atomic E-state index is -1.79. The van der Waals surface area contributed by atoms with Crippen LogP contribution < -0.4 is 0 Å². The maximum absolute atomic E-state index is 10.6. The van der Waals surface area contributed by atoms with Gasteiger partial charge >= 0.3 is 0 Å². The highest BCUT2D eigenvalue weighted by Gasteiger charge is 2.55. The Balaban J connectivity index is 0.000000208. The van der Waals surface area contributed by atoms with Gasteiger partial charge in [0.25, 0.3) is 0 Å². The number of aliphatic hydroxyl groups excluding tert-OH is 8. The maximum atomic E-state index is 10.6. The van der Waals surface area contributed by atoms with Gasteiger partial charge in [0.15, 0.2) is 0 Å². The Labute approximate surface area is 321 Å². The second-order valence-electron chi connectivity index (χ2n) is 13.2. The van der Waals surface area contributed by atoms with Crippen LogP contribution >= 0.6 is 23.2 Å². The minimum Gasteiger partial charge on any atom is -0.508 e. The number of rotatable bonds is 9. The van der Waals surface area contributed by atoms with Gasteiger partial charge in [0.2, 0.25) is 5.79 Å². The third kappa shape index (κ3) is 9.01. The second-order valence-corrected chi connectivity index (χ2v) is 14.0. The summed E-state index contributed by atoms with van der Waals surface area (Å²) in [6.45, 7) is -1.04. The van der Waals surface area contributed by atoms with Crippen LogP contribution in [0.5, 0.6) is 11.5 Å². The molecule has 10 atom stereocenters. The van der Waals surface area contributed by atoms with Gasteiger partial charge in [-0.15, -0.1) is 0 Å². The first-order valence-electron chi connectivity index (χ1n) is 17.0. The Hall–Kier alpha value is -3.38. The molecule has 0 aliphatic carbocycles. The van der Waals surface area contributed by atoms with E-state index in [1.54, 1.807) is 84.9 Å². The molecule has 0 spiro atoms. The lowest BCUT2D eigenvalue weighted by Gasteiger charge is -2.47. The molecule has 13 nitrogen and oxygen atoms in total. The molecule has 2 aliphatic rings. The molecule has 0 amide bonds. The van der Waals surface area contributed by atoms with Crippen LogP contribution in [0.25, 0.3) is 0 Å². The molecule has 2 saturated heterocycles. The van der Waals surface area contributed by atoms with Crippen LogP contribution in [0.2, 0.25) is 10.0 Å². The van der Waals surface area contributed by atoms with Crippen LogP contribution in [0.1, 0.15) is 39.5 Å². The summed E-state index contributed by atoms with van der Waals surface area (Å²) < 4.78 is 16.8. The molecule has 10 N–H and O–H groups in total. The highest BCUT2D eigenvalue weighted by molar-refractivity contribution is 6.31. The van der Waals surface area contributed by atoms with Crippen LogP contribution in [0.15, 0.2) is 84.9 Å². The molecule has 0 aromatic heterocycles. The second kappa shape index (κ2) is 18.0. The zero-order valence-electron chi connectivity index (χ0n) is 29.1. The Morgan fingerprint density at radius 1 is 0.611 bits per heavy atom. The molecular formula is C39H44Cl2O13. The number of phenolic OH excluding ortho intramolecular Hbond substituents is 2. The molecule has 4 aromatic carbocycles. The van der Waals surface area contributed by atoms with E-state index in [0.717, 1.165) is 16.7 Å². The molecule has 292 valence electrons. The fourth-order valence-corrected chi connectivity index (χ4v) is 6.91. The van der Waals surface area contributed by atoms with Crippen LogP contribution in [-0.2, 0) is 32.8 Å². The lowest BCUT2D eigenvalue weighted by molar-refractivity contribution is -0.366. The normalized spacial score (nSPS) is 29.6. The van der Waals surface area contributed by atoms with Gasteiger partial charge in [0, 0.05) is 22.7 Å². The summed E-state index contributed by atoms with van der Waals surface area (Å²) in [6, 6.07) is 23.4. The van der Waals surface area contributed by atoms with Gasteiger partial charge in [-0.3, -0.25) is 0 Å². The van der Waals surface area contributed by atoms with Crippen molar-refractivity contribution in [2.75, 3.05) is 20.3 Å². The number of halogens is 2. The van der Waals surface area contributed by atoms with E-state index in [2.05, 4.69) is 0 Å². The zero-order chi connectivity index (χ0) is 39.3. The van der Waals surface area contributed by atoms with Gasteiger partial charge in [0.1, 0.15) is 66.4 Å². The summed E-state index contributed by atoms with van der Waals surface area (Å²) in [5, 5.41) is 99.6.